The van der Waals surface area contributed by atoms with Crippen LogP contribution in [0.1, 0.15) is 5.56 Å². The highest BCUT2D eigenvalue weighted by Crippen LogP contribution is 2.34. The van der Waals surface area contributed by atoms with Crippen molar-refractivity contribution in [1.82, 2.24) is 0 Å². The van der Waals surface area contributed by atoms with Crippen LogP contribution in [0.25, 0.3) is 0 Å². The molecular weight excluding hydrogens is 384 g/mol. The molecule has 0 fully saturated rings. The van der Waals surface area contributed by atoms with Gasteiger partial charge in [0.15, 0.2) is 5.11 Å². The van der Waals surface area contributed by atoms with Crippen molar-refractivity contribution in [3.8, 4) is 5.75 Å². The molecule has 0 radical (unpaired) electrons. The number of ether oxygens (including phenoxy) is 1. The van der Waals surface area contributed by atoms with Gasteiger partial charge in [-0.1, -0.05) is 23.2 Å². The number of hydrogen-bond donors (Lipinski definition) is 2. The van der Waals surface area contributed by atoms with E-state index in [-0.39, 0.29) is 15.8 Å². The molecule has 0 amide bonds. The van der Waals surface area contributed by atoms with Crippen molar-refractivity contribution < 1.29 is 17.9 Å². The lowest BCUT2D eigenvalue weighted by atomic mass is 10.2. The lowest BCUT2D eigenvalue weighted by Crippen LogP contribution is -2.19. The summed E-state index contributed by atoms with van der Waals surface area (Å²) in [5.74, 6) is 0.488. The summed E-state index contributed by atoms with van der Waals surface area (Å²) in [6.07, 6.45) is -4.47. The van der Waals surface area contributed by atoms with Crippen LogP contribution in [0, 0.1) is 0 Å². The van der Waals surface area contributed by atoms with E-state index in [0.717, 1.165) is 18.2 Å². The lowest BCUT2D eigenvalue weighted by molar-refractivity contribution is -0.137. The number of halogens is 5. The third kappa shape index (κ3) is 4.66. The Kier molecular flexibility index (Phi) is 5.79. The van der Waals surface area contributed by atoms with Crippen molar-refractivity contribution in [3.05, 3.63) is 52.0 Å². The summed E-state index contributed by atoms with van der Waals surface area (Å²) in [7, 11) is 1.48. The number of methoxy groups -OCH3 is 1. The molecule has 0 unspecified atom stereocenters. The molecule has 2 N–H and O–H groups in total. The molecule has 0 aliphatic heterocycles. The van der Waals surface area contributed by atoms with E-state index >= 15 is 0 Å². The van der Waals surface area contributed by atoms with Crippen LogP contribution >= 0.6 is 35.4 Å². The van der Waals surface area contributed by atoms with Crippen LogP contribution < -0.4 is 15.4 Å². The quantitative estimate of drug-likeness (QED) is 0.641. The number of anilines is 2. The predicted octanol–water partition coefficient (Wildman–Crippen LogP) is 5.83. The normalized spacial score (nSPS) is 11.1. The second-order valence-electron chi connectivity index (χ2n) is 4.62. The fourth-order valence-electron chi connectivity index (χ4n) is 1.83. The topological polar surface area (TPSA) is 33.3 Å². The van der Waals surface area contributed by atoms with Crippen molar-refractivity contribution in [1.29, 1.82) is 0 Å². The van der Waals surface area contributed by atoms with Crippen molar-refractivity contribution in [3.63, 3.8) is 0 Å². The summed E-state index contributed by atoms with van der Waals surface area (Å²) in [6.45, 7) is 0. The van der Waals surface area contributed by atoms with Gasteiger partial charge in [0.2, 0.25) is 0 Å². The zero-order chi connectivity index (χ0) is 17.9. The molecule has 0 aliphatic rings. The summed E-state index contributed by atoms with van der Waals surface area (Å²) >= 11 is 17.0. The Balaban J connectivity index is 2.14. The Bertz CT molecular complexity index is 769. The smallest absolute Gasteiger partial charge is 0.416 e. The predicted molar refractivity (Wildman–Crippen MR) is 94.3 cm³/mol. The fraction of sp³-hybridized carbons (Fsp3) is 0.133. The van der Waals surface area contributed by atoms with E-state index in [4.69, 9.17) is 40.2 Å². The Morgan fingerprint density at radius 3 is 2.33 bits per heavy atom. The average molecular weight is 395 g/mol. The Morgan fingerprint density at radius 2 is 1.75 bits per heavy atom. The summed E-state index contributed by atoms with van der Waals surface area (Å²) in [4.78, 5) is 0. The maximum Gasteiger partial charge on any atom is 0.416 e. The van der Waals surface area contributed by atoms with E-state index in [1.54, 1.807) is 18.2 Å². The highest BCUT2D eigenvalue weighted by atomic mass is 35.5. The number of thiocarbonyl (C=S) groups is 1. The molecule has 0 saturated carbocycles. The Hall–Kier alpha value is -1.70. The second-order valence-corrected chi connectivity index (χ2v) is 5.84. The van der Waals surface area contributed by atoms with E-state index in [1.807, 2.05) is 0 Å². The first-order valence-corrected chi connectivity index (χ1v) is 7.65. The zero-order valence-corrected chi connectivity index (χ0v) is 14.5. The van der Waals surface area contributed by atoms with Gasteiger partial charge in [0.05, 0.1) is 28.4 Å². The first-order chi connectivity index (χ1) is 11.2. The van der Waals surface area contributed by atoms with Crippen LogP contribution in [-0.4, -0.2) is 12.2 Å². The minimum atomic E-state index is -4.47. The lowest BCUT2D eigenvalue weighted by Gasteiger charge is -2.14. The number of rotatable bonds is 3. The van der Waals surface area contributed by atoms with Gasteiger partial charge >= 0.3 is 6.18 Å². The van der Waals surface area contributed by atoms with E-state index in [2.05, 4.69) is 10.6 Å². The van der Waals surface area contributed by atoms with Crippen molar-refractivity contribution in [2.24, 2.45) is 0 Å². The molecule has 9 heteroatoms. The standard InChI is InChI=1S/C15H11Cl2F3N2OS/c1-23-13-5-3-9(7-11(13)17)21-14(24)22-12-6-8(15(18,19)20)2-4-10(12)16/h2-7H,1H3,(H2,21,22,24). The molecule has 0 spiro atoms. The van der Waals surface area contributed by atoms with Gasteiger partial charge in [0, 0.05) is 5.69 Å². The molecule has 0 saturated heterocycles. The third-order valence-corrected chi connectivity index (χ3v) is 3.78. The molecule has 0 aliphatic carbocycles. The number of hydrogen-bond acceptors (Lipinski definition) is 2. The summed E-state index contributed by atoms with van der Waals surface area (Å²) in [5.41, 5.74) is -0.241. The van der Waals surface area contributed by atoms with Gasteiger partial charge in [-0.15, -0.1) is 0 Å². The van der Waals surface area contributed by atoms with Crippen LogP contribution in [0.3, 0.4) is 0 Å². The van der Waals surface area contributed by atoms with Crippen LogP contribution in [0.5, 0.6) is 5.75 Å². The zero-order valence-electron chi connectivity index (χ0n) is 12.2. The molecule has 0 atom stereocenters. The highest BCUT2D eigenvalue weighted by molar-refractivity contribution is 7.80. The van der Waals surface area contributed by atoms with Gasteiger partial charge in [-0.25, -0.2) is 0 Å². The molecule has 0 heterocycles. The van der Waals surface area contributed by atoms with Crippen LogP contribution in [0.15, 0.2) is 36.4 Å². The molecule has 0 bridgehead atoms. The van der Waals surface area contributed by atoms with Gasteiger partial charge < -0.3 is 15.4 Å². The summed E-state index contributed by atoms with van der Waals surface area (Å²) in [6, 6.07) is 7.79. The van der Waals surface area contributed by atoms with Crippen molar-refractivity contribution in [2.75, 3.05) is 17.7 Å². The van der Waals surface area contributed by atoms with E-state index in [0.29, 0.717) is 16.5 Å². The van der Waals surface area contributed by atoms with Crippen molar-refractivity contribution in [2.45, 2.75) is 6.18 Å². The fourth-order valence-corrected chi connectivity index (χ4v) is 2.48. The van der Waals surface area contributed by atoms with Gasteiger partial charge in [-0.05, 0) is 48.6 Å². The molecule has 2 rings (SSSR count). The van der Waals surface area contributed by atoms with Gasteiger partial charge in [-0.3, -0.25) is 0 Å². The Morgan fingerprint density at radius 1 is 1.04 bits per heavy atom. The Labute approximate surface area is 151 Å². The third-order valence-electron chi connectivity index (χ3n) is 2.95. The molecule has 2 aromatic carbocycles. The first-order valence-electron chi connectivity index (χ1n) is 6.49. The van der Waals surface area contributed by atoms with E-state index < -0.39 is 11.7 Å². The van der Waals surface area contributed by atoms with Gasteiger partial charge in [0.25, 0.3) is 0 Å². The largest absolute Gasteiger partial charge is 0.495 e. The van der Waals surface area contributed by atoms with Crippen LogP contribution in [0.2, 0.25) is 10.0 Å². The SMILES string of the molecule is COc1ccc(NC(=S)Nc2cc(C(F)(F)F)ccc2Cl)cc1Cl. The van der Waals surface area contributed by atoms with E-state index in [9.17, 15) is 13.2 Å². The van der Waals surface area contributed by atoms with Gasteiger partial charge in [0.1, 0.15) is 5.75 Å². The summed E-state index contributed by atoms with van der Waals surface area (Å²) < 4.78 is 43.3. The van der Waals surface area contributed by atoms with Crippen LogP contribution in [-0.2, 0) is 6.18 Å². The maximum atomic E-state index is 12.8. The number of alkyl halides is 3. The number of nitrogens with one attached hydrogen (secondary N) is 2. The molecule has 24 heavy (non-hydrogen) atoms. The number of benzene rings is 2. The molecule has 0 aromatic heterocycles. The molecule has 2 aromatic rings. The summed E-state index contributed by atoms with van der Waals surface area (Å²) in [5, 5.41) is 5.98. The molecule has 128 valence electrons. The second kappa shape index (κ2) is 7.46. The highest BCUT2D eigenvalue weighted by Gasteiger charge is 2.31. The first kappa shape index (κ1) is 18.6. The average Bonchev–Trinajstić information content (AvgIpc) is 2.48. The van der Waals surface area contributed by atoms with Crippen molar-refractivity contribution >= 4 is 51.9 Å². The van der Waals surface area contributed by atoms with E-state index in [1.165, 1.54) is 7.11 Å². The molecule has 3 nitrogen and oxygen atoms in total. The molecular formula is C15H11Cl2F3N2OS. The van der Waals surface area contributed by atoms with Crippen LogP contribution in [0.4, 0.5) is 24.5 Å². The maximum absolute atomic E-state index is 12.8. The monoisotopic (exact) mass is 394 g/mol. The van der Waals surface area contributed by atoms with Gasteiger partial charge in [-0.2, -0.15) is 13.2 Å². The minimum absolute atomic E-state index is 0.0450. The minimum Gasteiger partial charge on any atom is -0.495 e.